The van der Waals surface area contributed by atoms with E-state index in [1.807, 2.05) is 18.2 Å². The van der Waals surface area contributed by atoms with E-state index in [2.05, 4.69) is 41.7 Å². The van der Waals surface area contributed by atoms with Gasteiger partial charge in [0.25, 0.3) is 0 Å². The van der Waals surface area contributed by atoms with Gasteiger partial charge < -0.3 is 15.2 Å². The van der Waals surface area contributed by atoms with Crippen molar-refractivity contribution in [3.63, 3.8) is 0 Å². The Morgan fingerprint density at radius 3 is 2.68 bits per heavy atom. The predicted octanol–water partition coefficient (Wildman–Crippen LogP) is 3.63. The molecular formula is C24H29N5O2. The second-order valence-corrected chi connectivity index (χ2v) is 8.00. The summed E-state index contributed by atoms with van der Waals surface area (Å²) < 4.78 is 11.6. The van der Waals surface area contributed by atoms with Crippen LogP contribution in [0.5, 0.6) is 5.75 Å². The molecule has 0 aliphatic carbocycles. The maximum Gasteiger partial charge on any atom is 0.219 e. The van der Waals surface area contributed by atoms with Crippen LogP contribution in [0.1, 0.15) is 34.1 Å². The van der Waals surface area contributed by atoms with Crippen molar-refractivity contribution in [2.24, 2.45) is 0 Å². The molecule has 3 aromatic rings. The quantitative estimate of drug-likeness (QED) is 0.676. The average molecular weight is 420 g/mol. The van der Waals surface area contributed by atoms with E-state index >= 15 is 0 Å². The summed E-state index contributed by atoms with van der Waals surface area (Å²) in [5.74, 6) is 1.21. The number of rotatable bonds is 5. The van der Waals surface area contributed by atoms with Crippen molar-refractivity contribution in [3.8, 4) is 17.0 Å². The highest BCUT2D eigenvalue weighted by Crippen LogP contribution is 2.30. The molecule has 3 heterocycles. The van der Waals surface area contributed by atoms with Gasteiger partial charge in [0.1, 0.15) is 11.9 Å². The van der Waals surface area contributed by atoms with E-state index in [0.29, 0.717) is 6.61 Å². The van der Waals surface area contributed by atoms with Crippen LogP contribution in [0.2, 0.25) is 0 Å². The summed E-state index contributed by atoms with van der Waals surface area (Å²) in [6.45, 7) is 9.70. The molecule has 1 aliphatic heterocycles. The minimum absolute atomic E-state index is 0.0802. The molecule has 2 aromatic heterocycles. The Bertz CT molecular complexity index is 1070. The maximum absolute atomic E-state index is 6.09. The lowest BCUT2D eigenvalue weighted by Crippen LogP contribution is -2.38. The SMILES string of the molecule is COc1cc(C)c(CN2CCO[C@H](c3cccc(-c4cnc(N)nc4)n3)C2)c(C)c1C. The average Bonchev–Trinajstić information content (AvgIpc) is 2.80. The molecular weight excluding hydrogens is 390 g/mol. The zero-order valence-corrected chi connectivity index (χ0v) is 18.6. The number of aromatic nitrogens is 3. The van der Waals surface area contributed by atoms with Crippen molar-refractivity contribution in [2.75, 3.05) is 32.5 Å². The Balaban J connectivity index is 1.53. The summed E-state index contributed by atoms with van der Waals surface area (Å²) in [5, 5.41) is 0. The molecule has 0 radical (unpaired) electrons. The summed E-state index contributed by atoms with van der Waals surface area (Å²) in [5.41, 5.74) is 13.3. The van der Waals surface area contributed by atoms with Gasteiger partial charge in [-0.15, -0.1) is 0 Å². The van der Waals surface area contributed by atoms with Gasteiger partial charge in [-0.1, -0.05) is 6.07 Å². The van der Waals surface area contributed by atoms with E-state index in [4.69, 9.17) is 20.2 Å². The van der Waals surface area contributed by atoms with Crippen molar-refractivity contribution in [1.29, 1.82) is 0 Å². The molecule has 162 valence electrons. The Hall–Kier alpha value is -3.03. The smallest absolute Gasteiger partial charge is 0.219 e. The second kappa shape index (κ2) is 8.99. The number of methoxy groups -OCH3 is 1. The summed E-state index contributed by atoms with van der Waals surface area (Å²) in [6, 6.07) is 8.10. The van der Waals surface area contributed by atoms with Crippen molar-refractivity contribution in [1.82, 2.24) is 19.9 Å². The molecule has 1 saturated heterocycles. The monoisotopic (exact) mass is 419 g/mol. The molecule has 31 heavy (non-hydrogen) atoms. The largest absolute Gasteiger partial charge is 0.496 e. The number of anilines is 1. The highest BCUT2D eigenvalue weighted by Gasteiger charge is 2.25. The van der Waals surface area contributed by atoms with Crippen LogP contribution in [0.25, 0.3) is 11.3 Å². The van der Waals surface area contributed by atoms with Crippen LogP contribution in [-0.2, 0) is 11.3 Å². The molecule has 1 fully saturated rings. The lowest BCUT2D eigenvalue weighted by Gasteiger charge is -2.33. The molecule has 1 aromatic carbocycles. The number of nitrogen functional groups attached to an aromatic ring is 1. The van der Waals surface area contributed by atoms with E-state index < -0.39 is 0 Å². The summed E-state index contributed by atoms with van der Waals surface area (Å²) in [7, 11) is 1.73. The van der Waals surface area contributed by atoms with Crippen molar-refractivity contribution >= 4 is 5.95 Å². The molecule has 0 bridgehead atoms. The Morgan fingerprint density at radius 2 is 1.94 bits per heavy atom. The number of pyridine rings is 1. The predicted molar refractivity (Wildman–Crippen MR) is 121 cm³/mol. The molecule has 1 aliphatic rings. The number of aryl methyl sites for hydroxylation is 1. The second-order valence-electron chi connectivity index (χ2n) is 8.00. The zero-order chi connectivity index (χ0) is 22.0. The highest BCUT2D eigenvalue weighted by molar-refractivity contribution is 5.57. The fourth-order valence-corrected chi connectivity index (χ4v) is 4.06. The topological polar surface area (TPSA) is 86.4 Å². The number of benzene rings is 1. The first-order valence-corrected chi connectivity index (χ1v) is 10.5. The van der Waals surface area contributed by atoms with E-state index in [9.17, 15) is 0 Å². The molecule has 4 rings (SSSR count). The van der Waals surface area contributed by atoms with Crippen LogP contribution >= 0.6 is 0 Å². The van der Waals surface area contributed by atoms with Gasteiger partial charge in [-0.2, -0.15) is 0 Å². The third kappa shape index (κ3) is 4.52. The normalized spacial score (nSPS) is 17.0. The number of ether oxygens (including phenoxy) is 2. The minimum Gasteiger partial charge on any atom is -0.496 e. The van der Waals surface area contributed by atoms with Crippen LogP contribution in [0.15, 0.2) is 36.7 Å². The number of hydrogen-bond donors (Lipinski definition) is 1. The fraction of sp³-hybridized carbons (Fsp3) is 0.375. The first kappa shape index (κ1) is 21.2. The first-order valence-electron chi connectivity index (χ1n) is 10.5. The summed E-state index contributed by atoms with van der Waals surface area (Å²) in [6.07, 6.45) is 3.31. The van der Waals surface area contributed by atoms with Crippen molar-refractivity contribution in [2.45, 2.75) is 33.4 Å². The van der Waals surface area contributed by atoms with Gasteiger partial charge in [-0.25, -0.2) is 15.0 Å². The van der Waals surface area contributed by atoms with Gasteiger partial charge in [0.2, 0.25) is 5.95 Å². The van der Waals surface area contributed by atoms with E-state index in [0.717, 1.165) is 42.3 Å². The summed E-state index contributed by atoms with van der Waals surface area (Å²) >= 11 is 0. The van der Waals surface area contributed by atoms with Crippen molar-refractivity contribution < 1.29 is 9.47 Å². The van der Waals surface area contributed by atoms with Crippen LogP contribution in [0.3, 0.4) is 0 Å². The first-order chi connectivity index (χ1) is 15.0. The van der Waals surface area contributed by atoms with E-state index in [-0.39, 0.29) is 12.1 Å². The highest BCUT2D eigenvalue weighted by atomic mass is 16.5. The van der Waals surface area contributed by atoms with Gasteiger partial charge in [0, 0.05) is 37.6 Å². The molecule has 1 atom stereocenters. The lowest BCUT2D eigenvalue weighted by molar-refractivity contribution is -0.0350. The molecule has 0 spiro atoms. The number of morpholine rings is 1. The molecule has 7 nitrogen and oxygen atoms in total. The van der Waals surface area contributed by atoms with Gasteiger partial charge in [0.05, 0.1) is 25.1 Å². The molecule has 0 amide bonds. The Labute approximate surface area is 183 Å². The number of hydrogen-bond acceptors (Lipinski definition) is 7. The number of nitrogens with zero attached hydrogens (tertiary/aromatic N) is 4. The fourth-order valence-electron chi connectivity index (χ4n) is 4.06. The van der Waals surface area contributed by atoms with Gasteiger partial charge >= 0.3 is 0 Å². The van der Waals surface area contributed by atoms with Crippen LogP contribution in [0, 0.1) is 20.8 Å². The summed E-state index contributed by atoms with van der Waals surface area (Å²) in [4.78, 5) is 15.4. The van der Waals surface area contributed by atoms with Gasteiger partial charge in [-0.05, 0) is 61.2 Å². The molecule has 0 saturated carbocycles. The Morgan fingerprint density at radius 1 is 1.16 bits per heavy atom. The lowest BCUT2D eigenvalue weighted by atomic mass is 9.96. The van der Waals surface area contributed by atoms with Gasteiger partial charge in [-0.3, -0.25) is 4.90 Å². The van der Waals surface area contributed by atoms with Crippen LogP contribution in [-0.4, -0.2) is 46.7 Å². The van der Waals surface area contributed by atoms with E-state index in [1.165, 1.54) is 22.3 Å². The Kier molecular flexibility index (Phi) is 6.15. The maximum atomic E-state index is 6.09. The van der Waals surface area contributed by atoms with Crippen molar-refractivity contribution in [3.05, 3.63) is 64.6 Å². The van der Waals surface area contributed by atoms with Gasteiger partial charge in [0.15, 0.2) is 0 Å². The zero-order valence-electron chi connectivity index (χ0n) is 18.6. The number of nitrogens with two attached hydrogens (primary N) is 1. The third-order valence-electron chi connectivity index (χ3n) is 6.03. The molecule has 7 heteroatoms. The molecule has 2 N–H and O–H groups in total. The molecule has 0 unspecified atom stereocenters. The van der Waals surface area contributed by atoms with E-state index in [1.54, 1.807) is 19.5 Å². The van der Waals surface area contributed by atoms with Crippen LogP contribution in [0.4, 0.5) is 5.95 Å². The minimum atomic E-state index is -0.0802. The van der Waals surface area contributed by atoms with Crippen LogP contribution < -0.4 is 10.5 Å². The standard InChI is InChI=1S/C24H29N5O2/c1-15-10-22(30-4)17(3)16(2)19(15)13-29-8-9-31-23(14-29)21-7-5-6-20(28-21)18-11-26-24(25)27-12-18/h5-7,10-12,23H,8-9,13-14H2,1-4H3,(H2,25,26,27)/t23-/m0/s1. The third-order valence-corrected chi connectivity index (χ3v) is 6.03.